The van der Waals surface area contributed by atoms with Gasteiger partial charge < -0.3 is 11.1 Å². The van der Waals surface area contributed by atoms with Crippen LogP contribution in [0, 0.1) is 6.92 Å². The van der Waals surface area contributed by atoms with Crippen LogP contribution in [0.3, 0.4) is 0 Å². The molecule has 0 amide bonds. The van der Waals surface area contributed by atoms with Crippen LogP contribution >= 0.6 is 23.8 Å². The molecule has 0 spiro atoms. The van der Waals surface area contributed by atoms with Gasteiger partial charge in [0.15, 0.2) is 5.11 Å². The smallest absolute Gasteiger partial charge is 0.163 e. The van der Waals surface area contributed by atoms with Crippen LogP contribution in [-0.4, -0.2) is 5.11 Å². The zero-order valence-corrected chi connectivity index (χ0v) is 8.88. The lowest BCUT2D eigenvalue weighted by molar-refractivity contribution is 0.910. The predicted molar refractivity (Wildman–Crippen MR) is 59.8 cm³/mol. The zero-order valence-electron chi connectivity index (χ0n) is 7.30. The minimum absolute atomic E-state index is 0.314. The Bertz CT molecular complexity index is 325. The van der Waals surface area contributed by atoms with Gasteiger partial charge in [-0.2, -0.15) is 0 Å². The third kappa shape index (κ3) is 3.20. The third-order valence-corrected chi connectivity index (χ3v) is 2.14. The van der Waals surface area contributed by atoms with E-state index in [0.717, 1.165) is 16.1 Å². The van der Waals surface area contributed by atoms with Crippen LogP contribution in [0.15, 0.2) is 18.2 Å². The molecule has 0 bridgehead atoms. The first-order chi connectivity index (χ1) is 6.09. The van der Waals surface area contributed by atoms with Crippen LogP contribution in [0.1, 0.15) is 11.1 Å². The molecule has 0 fully saturated rings. The Labute approximate surface area is 88.1 Å². The Balaban J connectivity index is 2.72. The summed E-state index contributed by atoms with van der Waals surface area (Å²) in [7, 11) is 0. The lowest BCUT2D eigenvalue weighted by atomic mass is 10.1. The number of hydrogen-bond donors (Lipinski definition) is 2. The van der Waals surface area contributed by atoms with Gasteiger partial charge in [-0.05, 0) is 42.4 Å². The molecule has 1 rings (SSSR count). The second-order valence-corrected chi connectivity index (χ2v) is 3.66. The number of halogens is 1. The maximum absolute atomic E-state index is 5.81. The van der Waals surface area contributed by atoms with Crippen LogP contribution < -0.4 is 11.1 Å². The molecular formula is C9H11ClN2S. The average Bonchev–Trinajstić information content (AvgIpc) is 2.02. The maximum atomic E-state index is 5.81. The fourth-order valence-corrected chi connectivity index (χ4v) is 1.34. The number of nitrogens with one attached hydrogen (secondary N) is 1. The molecule has 0 heterocycles. The summed E-state index contributed by atoms with van der Waals surface area (Å²) in [6.45, 7) is 2.65. The highest BCUT2D eigenvalue weighted by molar-refractivity contribution is 7.80. The average molecular weight is 215 g/mol. The summed E-state index contributed by atoms with van der Waals surface area (Å²) < 4.78 is 0. The molecule has 1 aromatic carbocycles. The molecule has 0 atom stereocenters. The number of benzene rings is 1. The van der Waals surface area contributed by atoms with Gasteiger partial charge >= 0.3 is 0 Å². The predicted octanol–water partition coefficient (Wildman–Crippen LogP) is 1.98. The van der Waals surface area contributed by atoms with Crippen molar-refractivity contribution < 1.29 is 0 Å². The molecule has 0 aliphatic heterocycles. The Morgan fingerprint density at radius 3 is 2.85 bits per heavy atom. The van der Waals surface area contributed by atoms with E-state index in [1.807, 2.05) is 25.1 Å². The van der Waals surface area contributed by atoms with Gasteiger partial charge in [-0.25, -0.2) is 0 Å². The minimum Gasteiger partial charge on any atom is -0.376 e. The van der Waals surface area contributed by atoms with Crippen molar-refractivity contribution in [3.05, 3.63) is 34.3 Å². The Morgan fingerprint density at radius 2 is 2.31 bits per heavy atom. The lowest BCUT2D eigenvalue weighted by Crippen LogP contribution is -2.28. The van der Waals surface area contributed by atoms with Gasteiger partial charge in [-0.1, -0.05) is 17.7 Å². The first-order valence-corrected chi connectivity index (χ1v) is 4.66. The van der Waals surface area contributed by atoms with E-state index < -0.39 is 0 Å². The van der Waals surface area contributed by atoms with E-state index in [9.17, 15) is 0 Å². The molecular weight excluding hydrogens is 204 g/mol. The highest BCUT2D eigenvalue weighted by atomic mass is 35.5. The van der Waals surface area contributed by atoms with E-state index in [1.165, 1.54) is 0 Å². The first kappa shape index (κ1) is 10.3. The van der Waals surface area contributed by atoms with Crippen molar-refractivity contribution >= 4 is 28.9 Å². The third-order valence-electron chi connectivity index (χ3n) is 1.76. The van der Waals surface area contributed by atoms with Crippen LogP contribution in [0.2, 0.25) is 5.02 Å². The quantitative estimate of drug-likeness (QED) is 0.740. The molecule has 0 saturated heterocycles. The molecule has 4 heteroatoms. The van der Waals surface area contributed by atoms with E-state index in [1.54, 1.807) is 0 Å². The van der Waals surface area contributed by atoms with Crippen molar-refractivity contribution in [1.29, 1.82) is 0 Å². The Kier molecular flexibility index (Phi) is 3.51. The normalized spacial score (nSPS) is 9.69. The summed E-state index contributed by atoms with van der Waals surface area (Å²) in [6.07, 6.45) is 0. The van der Waals surface area contributed by atoms with Gasteiger partial charge in [0.1, 0.15) is 0 Å². The van der Waals surface area contributed by atoms with E-state index in [-0.39, 0.29) is 0 Å². The fraction of sp³-hybridized carbons (Fsp3) is 0.222. The van der Waals surface area contributed by atoms with E-state index in [0.29, 0.717) is 11.7 Å². The number of hydrogen-bond acceptors (Lipinski definition) is 1. The van der Waals surface area contributed by atoms with Gasteiger partial charge in [0.2, 0.25) is 0 Å². The van der Waals surface area contributed by atoms with Gasteiger partial charge in [-0.15, -0.1) is 0 Å². The molecule has 0 aliphatic carbocycles. The molecule has 0 unspecified atom stereocenters. The highest BCUT2D eigenvalue weighted by Gasteiger charge is 1.98. The van der Waals surface area contributed by atoms with Crippen LogP contribution in [0.25, 0.3) is 0 Å². The van der Waals surface area contributed by atoms with Crippen molar-refractivity contribution in [2.45, 2.75) is 13.5 Å². The van der Waals surface area contributed by atoms with Crippen molar-refractivity contribution in [2.75, 3.05) is 0 Å². The molecule has 13 heavy (non-hydrogen) atoms. The summed E-state index contributed by atoms with van der Waals surface area (Å²) in [5.41, 5.74) is 7.60. The number of rotatable bonds is 2. The van der Waals surface area contributed by atoms with Gasteiger partial charge in [0, 0.05) is 11.6 Å². The van der Waals surface area contributed by atoms with Crippen molar-refractivity contribution in [3.63, 3.8) is 0 Å². The maximum Gasteiger partial charge on any atom is 0.163 e. The molecule has 70 valence electrons. The number of aryl methyl sites for hydroxylation is 1. The van der Waals surface area contributed by atoms with Crippen LogP contribution in [-0.2, 0) is 6.54 Å². The summed E-state index contributed by atoms with van der Waals surface area (Å²) in [5.74, 6) is 0. The summed E-state index contributed by atoms with van der Waals surface area (Å²) in [6, 6.07) is 5.73. The lowest BCUT2D eigenvalue weighted by Gasteiger charge is -2.07. The standard InChI is InChI=1S/C9H11ClN2S/c1-6-4-8(10)3-2-7(6)5-12-9(11)13/h2-4H,5H2,1H3,(H3,11,12,13). The molecule has 0 aromatic heterocycles. The van der Waals surface area contributed by atoms with Crippen LogP contribution in [0.5, 0.6) is 0 Å². The summed E-state index contributed by atoms with van der Waals surface area (Å²) >= 11 is 10.5. The topological polar surface area (TPSA) is 38.0 Å². The Hall–Kier alpha value is -0.800. The van der Waals surface area contributed by atoms with E-state index in [4.69, 9.17) is 29.6 Å². The van der Waals surface area contributed by atoms with E-state index >= 15 is 0 Å². The second-order valence-electron chi connectivity index (χ2n) is 2.79. The fourth-order valence-electron chi connectivity index (χ4n) is 1.04. The van der Waals surface area contributed by atoms with E-state index in [2.05, 4.69) is 5.32 Å². The summed E-state index contributed by atoms with van der Waals surface area (Å²) in [4.78, 5) is 0. The molecule has 0 saturated carbocycles. The second kappa shape index (κ2) is 4.44. The van der Waals surface area contributed by atoms with Gasteiger partial charge in [0.05, 0.1) is 0 Å². The summed E-state index contributed by atoms with van der Waals surface area (Å²) in [5, 5.41) is 3.95. The molecule has 3 N–H and O–H groups in total. The molecule has 2 nitrogen and oxygen atoms in total. The largest absolute Gasteiger partial charge is 0.376 e. The van der Waals surface area contributed by atoms with Crippen LogP contribution in [0.4, 0.5) is 0 Å². The van der Waals surface area contributed by atoms with Gasteiger partial charge in [0.25, 0.3) is 0 Å². The molecule has 1 aromatic rings. The highest BCUT2D eigenvalue weighted by Crippen LogP contribution is 2.14. The molecule has 0 aliphatic rings. The number of nitrogens with two attached hydrogens (primary N) is 1. The molecule has 0 radical (unpaired) electrons. The van der Waals surface area contributed by atoms with Crippen molar-refractivity contribution in [3.8, 4) is 0 Å². The van der Waals surface area contributed by atoms with Crippen molar-refractivity contribution in [2.24, 2.45) is 5.73 Å². The first-order valence-electron chi connectivity index (χ1n) is 3.88. The number of thiocarbonyl (C=S) groups is 1. The monoisotopic (exact) mass is 214 g/mol. The van der Waals surface area contributed by atoms with Gasteiger partial charge in [-0.3, -0.25) is 0 Å². The minimum atomic E-state index is 0.314. The SMILES string of the molecule is Cc1cc(Cl)ccc1CNC(N)=S. The zero-order chi connectivity index (χ0) is 9.84. The van der Waals surface area contributed by atoms with Crippen molar-refractivity contribution in [1.82, 2.24) is 5.32 Å². The Morgan fingerprint density at radius 1 is 1.62 bits per heavy atom.